The minimum Gasteiger partial charge on any atom is -0.463 e. The summed E-state index contributed by atoms with van der Waals surface area (Å²) in [5, 5.41) is 0. The summed E-state index contributed by atoms with van der Waals surface area (Å²) < 4.78 is 5.56. The molecular weight excluding hydrogens is 410 g/mol. The molecule has 0 N–H and O–H groups in total. The van der Waals surface area contributed by atoms with Gasteiger partial charge in [-0.25, -0.2) is 0 Å². The Morgan fingerprint density at radius 3 is 2.55 bits per heavy atom. The van der Waals surface area contributed by atoms with E-state index in [0.29, 0.717) is 17.6 Å². The first-order valence-electron chi connectivity index (χ1n) is 14.1. The van der Waals surface area contributed by atoms with Crippen molar-refractivity contribution in [2.75, 3.05) is 13.6 Å². The smallest absolute Gasteiger partial charge is 0.302 e. The van der Waals surface area contributed by atoms with Crippen molar-refractivity contribution in [1.29, 1.82) is 0 Å². The molecule has 1 aliphatic heterocycles. The number of Topliss-reactive ketones (excluding diaryl/α,β-unsaturated/α-hetero) is 1. The highest BCUT2D eigenvalue weighted by atomic mass is 16.5. The normalized spacial score (nSPS) is 49.0. The lowest BCUT2D eigenvalue weighted by Crippen LogP contribution is -2.56. The van der Waals surface area contributed by atoms with Crippen LogP contribution in [-0.4, -0.2) is 42.4 Å². The molecular formula is C29H47NO3. The van der Waals surface area contributed by atoms with E-state index < -0.39 is 0 Å². The van der Waals surface area contributed by atoms with Gasteiger partial charge < -0.3 is 9.64 Å². The molecule has 4 saturated carbocycles. The zero-order valence-electron chi connectivity index (χ0n) is 21.7. The molecule has 0 amide bonds. The minimum atomic E-state index is -0.200. The molecule has 0 radical (unpaired) electrons. The fourth-order valence-electron chi connectivity index (χ4n) is 10.0. The maximum Gasteiger partial charge on any atom is 0.302 e. The van der Waals surface area contributed by atoms with Crippen molar-refractivity contribution in [1.82, 2.24) is 4.90 Å². The van der Waals surface area contributed by atoms with Gasteiger partial charge in [-0.3, -0.25) is 9.59 Å². The largest absolute Gasteiger partial charge is 0.463 e. The monoisotopic (exact) mass is 457 g/mol. The van der Waals surface area contributed by atoms with Crippen LogP contribution in [-0.2, 0) is 14.3 Å². The molecule has 0 aromatic carbocycles. The molecule has 1 saturated heterocycles. The maximum atomic E-state index is 13.5. The molecule has 4 nitrogen and oxygen atoms in total. The molecule has 5 rings (SSSR count). The molecule has 4 aliphatic carbocycles. The first kappa shape index (κ1) is 23.8. The molecule has 11 unspecified atom stereocenters. The quantitative estimate of drug-likeness (QED) is 0.508. The Bertz CT molecular complexity index is 766. The van der Waals surface area contributed by atoms with Gasteiger partial charge in [-0.15, -0.1) is 0 Å². The Morgan fingerprint density at radius 1 is 1.06 bits per heavy atom. The van der Waals surface area contributed by atoms with E-state index in [9.17, 15) is 9.59 Å². The van der Waals surface area contributed by atoms with E-state index >= 15 is 0 Å². The first-order chi connectivity index (χ1) is 15.7. The fourth-order valence-corrected chi connectivity index (χ4v) is 10.0. The highest BCUT2D eigenvalue weighted by Gasteiger charge is 2.60. The molecule has 11 atom stereocenters. The van der Waals surface area contributed by atoms with Crippen LogP contribution in [0.2, 0.25) is 0 Å². The predicted molar refractivity (Wildman–Crippen MR) is 131 cm³/mol. The van der Waals surface area contributed by atoms with Crippen LogP contribution in [0.5, 0.6) is 0 Å². The Balaban J connectivity index is 1.30. The van der Waals surface area contributed by atoms with Gasteiger partial charge in [-0.2, -0.15) is 0 Å². The van der Waals surface area contributed by atoms with E-state index in [1.807, 2.05) is 0 Å². The number of nitrogens with zero attached hydrogens (tertiary/aromatic N) is 1. The minimum absolute atomic E-state index is 0.0516. The van der Waals surface area contributed by atoms with E-state index in [4.69, 9.17) is 4.74 Å². The van der Waals surface area contributed by atoms with Crippen molar-refractivity contribution in [3.8, 4) is 0 Å². The van der Waals surface area contributed by atoms with E-state index in [0.717, 1.165) is 61.3 Å². The number of piperidine rings is 1. The summed E-state index contributed by atoms with van der Waals surface area (Å²) in [7, 11) is 2.35. The number of esters is 1. The van der Waals surface area contributed by atoms with Crippen molar-refractivity contribution in [2.45, 2.75) is 104 Å². The van der Waals surface area contributed by atoms with Crippen molar-refractivity contribution < 1.29 is 14.3 Å². The van der Waals surface area contributed by atoms with Gasteiger partial charge in [-0.05, 0) is 112 Å². The molecule has 0 spiro atoms. The molecule has 0 aromatic rings. The number of carbonyl (C=O) groups is 2. The predicted octanol–water partition coefficient (Wildman–Crippen LogP) is 5.73. The second-order valence-electron chi connectivity index (χ2n) is 13.2. The number of likely N-dealkylation sites (tertiary alicyclic amines) is 1. The summed E-state index contributed by atoms with van der Waals surface area (Å²) in [6, 6.07) is 0.745. The number of rotatable bonds is 3. The third-order valence-corrected chi connectivity index (χ3v) is 11.5. The SMILES string of the molecule is CC(=O)OC1CCC2(C)C(C1)C(=O)CC1C3CCC(C(C)C4CCC(C)CN4C)C3CCC12. The number of ether oxygens (including phenoxy) is 1. The zero-order chi connectivity index (χ0) is 23.5. The van der Waals surface area contributed by atoms with Gasteiger partial charge in [0.1, 0.15) is 11.9 Å². The van der Waals surface area contributed by atoms with E-state index in [2.05, 4.69) is 32.7 Å². The second kappa shape index (κ2) is 8.95. The van der Waals surface area contributed by atoms with Crippen LogP contribution < -0.4 is 0 Å². The van der Waals surface area contributed by atoms with E-state index in [1.165, 1.54) is 52.0 Å². The molecule has 0 aromatic heterocycles. The van der Waals surface area contributed by atoms with Gasteiger partial charge in [0.25, 0.3) is 0 Å². The lowest BCUT2D eigenvalue weighted by Gasteiger charge is -2.58. The van der Waals surface area contributed by atoms with Crippen LogP contribution in [0.25, 0.3) is 0 Å². The Labute approximate surface area is 201 Å². The lowest BCUT2D eigenvalue weighted by molar-refractivity contribution is -0.165. The molecule has 1 heterocycles. The third kappa shape index (κ3) is 4.10. The van der Waals surface area contributed by atoms with Crippen LogP contribution in [0.3, 0.4) is 0 Å². The molecule has 33 heavy (non-hydrogen) atoms. The summed E-state index contributed by atoms with van der Waals surface area (Å²) >= 11 is 0. The first-order valence-corrected chi connectivity index (χ1v) is 14.1. The second-order valence-corrected chi connectivity index (χ2v) is 13.2. The van der Waals surface area contributed by atoms with Crippen LogP contribution in [0.15, 0.2) is 0 Å². The average molecular weight is 458 g/mol. The number of fused-ring (bicyclic) bond motifs is 5. The standard InChI is InChI=1S/C29H47NO3/c1-17-6-11-27(30(5)16-17)18(2)21-7-8-23-22(21)9-10-25-24(23)15-28(32)26-14-20(33-19(3)31)12-13-29(25,26)4/h17-18,20-27H,6-16H2,1-5H3. The van der Waals surface area contributed by atoms with Gasteiger partial charge in [0.2, 0.25) is 0 Å². The molecule has 4 heteroatoms. The van der Waals surface area contributed by atoms with Gasteiger partial charge in [0, 0.05) is 31.8 Å². The van der Waals surface area contributed by atoms with Gasteiger partial charge in [0.05, 0.1) is 0 Å². The van der Waals surface area contributed by atoms with Crippen molar-refractivity contribution >= 4 is 11.8 Å². The van der Waals surface area contributed by atoms with E-state index in [-0.39, 0.29) is 23.4 Å². The highest BCUT2D eigenvalue weighted by molar-refractivity contribution is 5.83. The van der Waals surface area contributed by atoms with Crippen molar-refractivity contribution in [2.24, 2.45) is 52.8 Å². The Hall–Kier alpha value is -0.900. The summed E-state index contributed by atoms with van der Waals surface area (Å²) in [5.41, 5.74) is 0.116. The van der Waals surface area contributed by atoms with Gasteiger partial charge in [0.15, 0.2) is 0 Å². The lowest BCUT2D eigenvalue weighted by atomic mass is 9.46. The van der Waals surface area contributed by atoms with Gasteiger partial charge >= 0.3 is 5.97 Å². The topological polar surface area (TPSA) is 46.6 Å². The third-order valence-electron chi connectivity index (χ3n) is 11.5. The van der Waals surface area contributed by atoms with Crippen LogP contribution in [0.4, 0.5) is 0 Å². The summed E-state index contributed by atoms with van der Waals surface area (Å²) in [6.45, 7) is 10.1. The average Bonchev–Trinajstić information content (AvgIpc) is 3.19. The van der Waals surface area contributed by atoms with Crippen molar-refractivity contribution in [3.63, 3.8) is 0 Å². The molecule has 5 aliphatic rings. The Morgan fingerprint density at radius 2 is 1.82 bits per heavy atom. The zero-order valence-corrected chi connectivity index (χ0v) is 21.7. The maximum absolute atomic E-state index is 13.5. The summed E-state index contributed by atoms with van der Waals surface area (Å²) in [4.78, 5) is 27.7. The number of carbonyl (C=O) groups excluding carboxylic acids is 2. The highest BCUT2D eigenvalue weighted by Crippen LogP contribution is 2.64. The summed E-state index contributed by atoms with van der Waals surface area (Å²) in [5.74, 6) is 5.72. The molecule has 186 valence electrons. The molecule has 0 bridgehead atoms. The van der Waals surface area contributed by atoms with Crippen LogP contribution in [0, 0.1) is 52.8 Å². The number of hydrogen-bond donors (Lipinski definition) is 0. The Kier molecular flexibility index (Phi) is 6.46. The van der Waals surface area contributed by atoms with Crippen LogP contribution >= 0.6 is 0 Å². The van der Waals surface area contributed by atoms with Crippen LogP contribution in [0.1, 0.15) is 91.9 Å². The fraction of sp³-hybridized carbons (Fsp3) is 0.931. The van der Waals surface area contributed by atoms with Gasteiger partial charge in [-0.1, -0.05) is 20.8 Å². The summed E-state index contributed by atoms with van der Waals surface area (Å²) in [6.07, 6.45) is 11.6. The van der Waals surface area contributed by atoms with E-state index in [1.54, 1.807) is 0 Å². The molecule has 5 fully saturated rings. The van der Waals surface area contributed by atoms with Crippen molar-refractivity contribution in [3.05, 3.63) is 0 Å². The number of ketones is 1. The number of hydrogen-bond acceptors (Lipinski definition) is 4.